The van der Waals surface area contributed by atoms with Gasteiger partial charge in [-0.05, 0) is 29.5 Å². The standard InChI is InChI=1S/C11H7BrF3NO2S/c1-18-10(17)8-3-9(19-11(13,14)15)7(5-16)2-6(8)4-12/h2-3H,4H2,1H3. The predicted molar refractivity (Wildman–Crippen MR) is 67.0 cm³/mol. The van der Waals surface area contributed by atoms with E-state index in [9.17, 15) is 18.0 Å². The number of nitriles is 1. The molecule has 0 fully saturated rings. The Hall–Kier alpha value is -1.20. The number of carbonyl (C=O) groups is 1. The zero-order valence-electron chi connectivity index (χ0n) is 9.55. The predicted octanol–water partition coefficient (Wildman–Crippen LogP) is 3.85. The second kappa shape index (κ2) is 6.30. The van der Waals surface area contributed by atoms with Gasteiger partial charge in [0.25, 0.3) is 0 Å². The molecule has 0 bridgehead atoms. The van der Waals surface area contributed by atoms with E-state index in [1.165, 1.54) is 6.07 Å². The first-order valence-electron chi connectivity index (χ1n) is 4.79. The number of methoxy groups -OCH3 is 1. The van der Waals surface area contributed by atoms with Gasteiger partial charge in [0.15, 0.2) is 0 Å². The zero-order chi connectivity index (χ0) is 14.6. The van der Waals surface area contributed by atoms with Crippen LogP contribution < -0.4 is 0 Å². The van der Waals surface area contributed by atoms with Crippen molar-refractivity contribution in [1.29, 1.82) is 5.26 Å². The first-order valence-corrected chi connectivity index (χ1v) is 6.73. The van der Waals surface area contributed by atoms with Crippen LogP contribution in [0, 0.1) is 11.3 Å². The summed E-state index contributed by atoms with van der Waals surface area (Å²) in [5.74, 6) is -0.747. The third-order valence-electron chi connectivity index (χ3n) is 2.10. The van der Waals surface area contributed by atoms with E-state index in [4.69, 9.17) is 5.26 Å². The molecule has 3 nitrogen and oxygen atoms in total. The number of hydrogen-bond donors (Lipinski definition) is 0. The SMILES string of the molecule is COC(=O)c1cc(SC(F)(F)F)c(C#N)cc1CBr. The van der Waals surface area contributed by atoms with Crippen LogP contribution in [0.4, 0.5) is 13.2 Å². The van der Waals surface area contributed by atoms with Gasteiger partial charge in [-0.2, -0.15) is 18.4 Å². The monoisotopic (exact) mass is 353 g/mol. The van der Waals surface area contributed by atoms with Crippen LogP contribution in [0.5, 0.6) is 0 Å². The Morgan fingerprint density at radius 2 is 2.16 bits per heavy atom. The van der Waals surface area contributed by atoms with Crippen molar-refractivity contribution >= 4 is 33.7 Å². The van der Waals surface area contributed by atoms with Gasteiger partial charge >= 0.3 is 11.5 Å². The Kier molecular flexibility index (Phi) is 5.26. The van der Waals surface area contributed by atoms with Crippen molar-refractivity contribution in [2.24, 2.45) is 0 Å². The molecule has 0 N–H and O–H groups in total. The minimum atomic E-state index is -4.53. The topological polar surface area (TPSA) is 50.1 Å². The molecule has 1 rings (SSSR count). The third-order valence-corrected chi connectivity index (χ3v) is 3.49. The van der Waals surface area contributed by atoms with E-state index in [-0.39, 0.29) is 21.4 Å². The lowest BCUT2D eigenvalue weighted by atomic mass is 10.1. The number of halogens is 4. The summed E-state index contributed by atoms with van der Waals surface area (Å²) in [4.78, 5) is 11.2. The van der Waals surface area contributed by atoms with E-state index >= 15 is 0 Å². The summed E-state index contributed by atoms with van der Waals surface area (Å²) in [6, 6.07) is 3.96. The van der Waals surface area contributed by atoms with Crippen LogP contribution in [-0.4, -0.2) is 18.6 Å². The van der Waals surface area contributed by atoms with Gasteiger partial charge in [0.1, 0.15) is 6.07 Å². The average molecular weight is 354 g/mol. The smallest absolute Gasteiger partial charge is 0.446 e. The van der Waals surface area contributed by atoms with E-state index in [2.05, 4.69) is 20.7 Å². The molecule has 0 aromatic heterocycles. The van der Waals surface area contributed by atoms with Crippen LogP contribution >= 0.6 is 27.7 Å². The molecule has 0 saturated carbocycles. The largest absolute Gasteiger partial charge is 0.465 e. The van der Waals surface area contributed by atoms with Crippen LogP contribution in [0.15, 0.2) is 17.0 Å². The van der Waals surface area contributed by atoms with Gasteiger partial charge in [-0.3, -0.25) is 0 Å². The summed E-state index contributed by atoms with van der Waals surface area (Å²) in [6.45, 7) is 0. The van der Waals surface area contributed by atoms with E-state index in [1.54, 1.807) is 6.07 Å². The summed E-state index contributed by atoms with van der Waals surface area (Å²) in [7, 11) is 1.13. The Bertz CT molecular complexity index is 540. The normalized spacial score (nSPS) is 10.9. The third kappa shape index (κ3) is 4.14. The molecule has 19 heavy (non-hydrogen) atoms. The fourth-order valence-electron chi connectivity index (χ4n) is 1.33. The van der Waals surface area contributed by atoms with Crippen LogP contribution in [-0.2, 0) is 10.1 Å². The minimum absolute atomic E-state index is 0.00475. The van der Waals surface area contributed by atoms with E-state index in [1.807, 2.05) is 0 Å². The molecule has 0 atom stereocenters. The van der Waals surface area contributed by atoms with E-state index < -0.39 is 23.2 Å². The maximum Gasteiger partial charge on any atom is 0.446 e. The Labute approximate surface area is 119 Å². The van der Waals surface area contributed by atoms with Gasteiger partial charge in [-0.25, -0.2) is 4.79 Å². The van der Waals surface area contributed by atoms with Crippen molar-refractivity contribution in [3.63, 3.8) is 0 Å². The Morgan fingerprint density at radius 3 is 2.58 bits per heavy atom. The number of nitrogens with zero attached hydrogens (tertiary/aromatic N) is 1. The second-order valence-electron chi connectivity index (χ2n) is 3.29. The van der Waals surface area contributed by atoms with Crippen LogP contribution in [0.2, 0.25) is 0 Å². The molecule has 0 aliphatic heterocycles. The first kappa shape index (κ1) is 15.9. The molecule has 1 aromatic rings. The number of thioether (sulfide) groups is 1. The highest BCUT2D eigenvalue weighted by Crippen LogP contribution is 2.39. The molecule has 1 aromatic carbocycles. The van der Waals surface area contributed by atoms with Crippen molar-refractivity contribution in [2.75, 3.05) is 7.11 Å². The van der Waals surface area contributed by atoms with Gasteiger partial charge in [0.2, 0.25) is 0 Å². The van der Waals surface area contributed by atoms with Crippen molar-refractivity contribution in [1.82, 2.24) is 0 Å². The Morgan fingerprint density at radius 1 is 1.53 bits per heavy atom. The summed E-state index contributed by atoms with van der Waals surface area (Å²) in [5, 5.41) is 9.09. The molecule has 0 unspecified atom stereocenters. The quantitative estimate of drug-likeness (QED) is 0.470. The summed E-state index contributed by atoms with van der Waals surface area (Å²) >= 11 is 2.68. The Balaban J connectivity index is 3.38. The zero-order valence-corrected chi connectivity index (χ0v) is 11.9. The van der Waals surface area contributed by atoms with Gasteiger partial charge in [0.05, 0.1) is 18.2 Å². The van der Waals surface area contributed by atoms with Crippen LogP contribution in [0.3, 0.4) is 0 Å². The lowest BCUT2D eigenvalue weighted by Crippen LogP contribution is -2.07. The molecular formula is C11H7BrF3NO2S. The number of carbonyl (C=O) groups excluding carboxylic acids is 1. The molecule has 0 aliphatic carbocycles. The number of benzene rings is 1. The highest BCUT2D eigenvalue weighted by Gasteiger charge is 2.31. The average Bonchev–Trinajstić information content (AvgIpc) is 2.35. The molecule has 102 valence electrons. The number of hydrogen-bond acceptors (Lipinski definition) is 4. The van der Waals surface area contributed by atoms with Gasteiger partial charge in [-0.15, -0.1) is 0 Å². The van der Waals surface area contributed by atoms with E-state index in [0.717, 1.165) is 13.2 Å². The molecule has 8 heteroatoms. The highest BCUT2D eigenvalue weighted by molar-refractivity contribution is 9.08. The maximum atomic E-state index is 12.4. The number of esters is 1. The molecule has 0 heterocycles. The lowest BCUT2D eigenvalue weighted by molar-refractivity contribution is -0.0328. The van der Waals surface area contributed by atoms with E-state index in [0.29, 0.717) is 5.56 Å². The molecule has 0 spiro atoms. The molecule has 0 radical (unpaired) electrons. The molecular weight excluding hydrogens is 347 g/mol. The molecule has 0 aliphatic rings. The van der Waals surface area contributed by atoms with Crippen molar-refractivity contribution in [3.05, 3.63) is 28.8 Å². The van der Waals surface area contributed by atoms with Crippen molar-refractivity contribution < 1.29 is 22.7 Å². The summed E-state index contributed by atoms with van der Waals surface area (Å²) < 4.78 is 41.7. The summed E-state index contributed by atoms with van der Waals surface area (Å²) in [5.41, 5.74) is -4.26. The molecule has 0 amide bonds. The van der Waals surface area contributed by atoms with Gasteiger partial charge < -0.3 is 4.74 Å². The number of rotatable bonds is 3. The second-order valence-corrected chi connectivity index (χ2v) is 4.96. The van der Waals surface area contributed by atoms with Crippen LogP contribution in [0.25, 0.3) is 0 Å². The van der Waals surface area contributed by atoms with Crippen molar-refractivity contribution in [2.45, 2.75) is 15.7 Å². The lowest BCUT2D eigenvalue weighted by Gasteiger charge is -2.11. The fraction of sp³-hybridized carbons (Fsp3) is 0.273. The first-order chi connectivity index (χ1) is 8.82. The van der Waals surface area contributed by atoms with Gasteiger partial charge in [0, 0.05) is 10.2 Å². The minimum Gasteiger partial charge on any atom is -0.465 e. The van der Waals surface area contributed by atoms with Crippen LogP contribution in [0.1, 0.15) is 21.5 Å². The fourth-order valence-corrected chi connectivity index (χ4v) is 2.44. The highest BCUT2D eigenvalue weighted by atomic mass is 79.9. The van der Waals surface area contributed by atoms with Crippen molar-refractivity contribution in [3.8, 4) is 6.07 Å². The van der Waals surface area contributed by atoms with Gasteiger partial charge in [-0.1, -0.05) is 15.9 Å². The number of alkyl halides is 4. The summed E-state index contributed by atoms with van der Waals surface area (Å²) in [6.07, 6.45) is 0. The number of ether oxygens (including phenoxy) is 1. The maximum absolute atomic E-state index is 12.4. The molecule has 0 saturated heterocycles.